The van der Waals surface area contributed by atoms with E-state index in [0.717, 1.165) is 27.4 Å². The summed E-state index contributed by atoms with van der Waals surface area (Å²) in [5.41, 5.74) is 3.52. The highest BCUT2D eigenvalue weighted by atomic mass is 32.2. The molecule has 1 amide bonds. The molecule has 0 saturated carbocycles. The molecule has 4 nitrogen and oxygen atoms in total. The van der Waals surface area contributed by atoms with Gasteiger partial charge >= 0.3 is 0 Å². The topological polar surface area (TPSA) is 38.1 Å². The maximum atomic E-state index is 13.6. The number of carbonyl (C=O) groups excluding carboxylic acids is 1. The third-order valence-corrected chi connectivity index (χ3v) is 5.65. The summed E-state index contributed by atoms with van der Waals surface area (Å²) in [5, 5.41) is 0.741. The SMILES string of the molecule is CN(C(=O)CSc1nc2ccccc2n1Cc1cccc(F)c1)c1ccccc1. The van der Waals surface area contributed by atoms with E-state index in [1.807, 2.05) is 65.2 Å². The van der Waals surface area contributed by atoms with Gasteiger partial charge in [0, 0.05) is 12.7 Å². The number of para-hydroxylation sites is 3. The Morgan fingerprint density at radius 1 is 1.03 bits per heavy atom. The highest BCUT2D eigenvalue weighted by Gasteiger charge is 2.16. The molecule has 0 unspecified atom stereocenters. The average molecular weight is 405 g/mol. The average Bonchev–Trinajstić information content (AvgIpc) is 3.09. The maximum Gasteiger partial charge on any atom is 0.237 e. The summed E-state index contributed by atoms with van der Waals surface area (Å²) in [6.07, 6.45) is 0. The molecule has 29 heavy (non-hydrogen) atoms. The standard InChI is InChI=1S/C23H20FN3OS/c1-26(19-10-3-2-4-11-19)22(28)16-29-23-25-20-12-5-6-13-21(20)27(23)15-17-8-7-9-18(24)14-17/h2-14H,15-16H2,1H3. The monoisotopic (exact) mass is 405 g/mol. The first-order valence-corrected chi connectivity index (χ1v) is 10.2. The van der Waals surface area contributed by atoms with Gasteiger partial charge in [0.15, 0.2) is 5.16 Å². The van der Waals surface area contributed by atoms with E-state index in [9.17, 15) is 9.18 Å². The quantitative estimate of drug-likeness (QED) is 0.425. The third kappa shape index (κ3) is 4.32. The van der Waals surface area contributed by atoms with Gasteiger partial charge in [-0.3, -0.25) is 4.79 Å². The lowest BCUT2D eigenvalue weighted by molar-refractivity contribution is -0.115. The zero-order chi connectivity index (χ0) is 20.2. The van der Waals surface area contributed by atoms with Crippen LogP contribution >= 0.6 is 11.8 Å². The molecule has 0 radical (unpaired) electrons. The molecule has 0 aliphatic rings. The Balaban J connectivity index is 1.57. The Bertz CT molecular complexity index is 1140. The van der Waals surface area contributed by atoms with Crippen molar-refractivity contribution in [3.05, 3.63) is 90.2 Å². The van der Waals surface area contributed by atoms with Gasteiger partial charge in [0.05, 0.1) is 23.3 Å². The van der Waals surface area contributed by atoms with Gasteiger partial charge in [-0.1, -0.05) is 54.2 Å². The number of fused-ring (bicyclic) bond motifs is 1. The lowest BCUT2D eigenvalue weighted by atomic mass is 10.2. The smallest absolute Gasteiger partial charge is 0.237 e. The molecule has 0 aliphatic heterocycles. The molecule has 0 aliphatic carbocycles. The van der Waals surface area contributed by atoms with Crippen molar-refractivity contribution in [1.29, 1.82) is 0 Å². The van der Waals surface area contributed by atoms with Crippen molar-refractivity contribution in [2.75, 3.05) is 17.7 Å². The molecule has 0 atom stereocenters. The summed E-state index contributed by atoms with van der Waals surface area (Å²) in [4.78, 5) is 19.0. The third-order valence-electron chi connectivity index (χ3n) is 4.69. The van der Waals surface area contributed by atoms with E-state index in [4.69, 9.17) is 4.98 Å². The molecule has 0 N–H and O–H groups in total. The molecule has 1 aromatic heterocycles. The summed E-state index contributed by atoms with van der Waals surface area (Å²) >= 11 is 1.39. The van der Waals surface area contributed by atoms with Crippen LogP contribution in [0.2, 0.25) is 0 Å². The lowest BCUT2D eigenvalue weighted by Crippen LogP contribution is -2.27. The summed E-state index contributed by atoms with van der Waals surface area (Å²) in [5.74, 6) is -0.0101. The summed E-state index contributed by atoms with van der Waals surface area (Å²) < 4.78 is 15.7. The number of anilines is 1. The Hall–Kier alpha value is -3.12. The summed E-state index contributed by atoms with van der Waals surface area (Å²) in [6, 6.07) is 23.9. The molecule has 146 valence electrons. The lowest BCUT2D eigenvalue weighted by Gasteiger charge is -2.17. The molecule has 3 aromatic carbocycles. The van der Waals surface area contributed by atoms with Gasteiger partial charge in [-0.2, -0.15) is 0 Å². The van der Waals surface area contributed by atoms with Crippen molar-refractivity contribution in [3.8, 4) is 0 Å². The van der Waals surface area contributed by atoms with Crippen molar-refractivity contribution in [3.63, 3.8) is 0 Å². The number of imidazole rings is 1. The molecule has 4 aromatic rings. The number of rotatable bonds is 6. The van der Waals surface area contributed by atoms with Crippen molar-refractivity contribution < 1.29 is 9.18 Å². The van der Waals surface area contributed by atoms with Crippen LogP contribution in [0.25, 0.3) is 11.0 Å². The van der Waals surface area contributed by atoms with Gasteiger partial charge in [0.2, 0.25) is 5.91 Å². The van der Waals surface area contributed by atoms with Crippen LogP contribution in [-0.2, 0) is 11.3 Å². The van der Waals surface area contributed by atoms with Crippen LogP contribution in [0.3, 0.4) is 0 Å². The molecule has 6 heteroatoms. The van der Waals surface area contributed by atoms with Gasteiger partial charge in [0.1, 0.15) is 5.82 Å². The van der Waals surface area contributed by atoms with Crippen LogP contribution in [0.15, 0.2) is 84.0 Å². The Morgan fingerprint density at radius 3 is 2.59 bits per heavy atom. The van der Waals surface area contributed by atoms with E-state index in [-0.39, 0.29) is 17.5 Å². The minimum Gasteiger partial charge on any atom is -0.315 e. The summed E-state index contributed by atoms with van der Waals surface area (Å²) in [6.45, 7) is 0.489. The van der Waals surface area contributed by atoms with Crippen molar-refractivity contribution >= 4 is 34.4 Å². The van der Waals surface area contributed by atoms with E-state index < -0.39 is 0 Å². The van der Waals surface area contributed by atoms with E-state index in [2.05, 4.69) is 0 Å². The fourth-order valence-electron chi connectivity index (χ4n) is 3.15. The molecule has 0 saturated heterocycles. The number of amides is 1. The van der Waals surface area contributed by atoms with E-state index in [1.165, 1.54) is 23.9 Å². The van der Waals surface area contributed by atoms with Crippen molar-refractivity contribution in [2.45, 2.75) is 11.7 Å². The van der Waals surface area contributed by atoms with Crippen LogP contribution in [-0.4, -0.2) is 28.3 Å². The fourth-order valence-corrected chi connectivity index (χ4v) is 4.08. The largest absolute Gasteiger partial charge is 0.315 e. The number of thioether (sulfide) groups is 1. The van der Waals surface area contributed by atoms with Crippen LogP contribution in [0, 0.1) is 5.82 Å². The first-order chi connectivity index (χ1) is 14.1. The fraction of sp³-hybridized carbons (Fsp3) is 0.130. The Morgan fingerprint density at radius 2 is 1.79 bits per heavy atom. The van der Waals surface area contributed by atoms with Crippen LogP contribution < -0.4 is 4.90 Å². The van der Waals surface area contributed by atoms with Gasteiger partial charge in [0.25, 0.3) is 0 Å². The number of hydrogen-bond acceptors (Lipinski definition) is 3. The number of aromatic nitrogens is 2. The minimum absolute atomic E-state index is 0.00874. The molecular formula is C23H20FN3OS. The number of nitrogens with zero attached hydrogens (tertiary/aromatic N) is 3. The Kier molecular flexibility index (Phi) is 5.62. The predicted octanol–water partition coefficient (Wildman–Crippen LogP) is 4.98. The van der Waals surface area contributed by atoms with Crippen LogP contribution in [0.1, 0.15) is 5.56 Å². The minimum atomic E-state index is -0.263. The highest BCUT2D eigenvalue weighted by Crippen LogP contribution is 2.26. The number of halogens is 1. The molecule has 0 bridgehead atoms. The predicted molar refractivity (Wildman–Crippen MR) is 116 cm³/mol. The van der Waals surface area contributed by atoms with Gasteiger partial charge in [-0.25, -0.2) is 9.37 Å². The van der Waals surface area contributed by atoms with E-state index in [0.29, 0.717) is 6.54 Å². The summed E-state index contributed by atoms with van der Waals surface area (Å²) in [7, 11) is 1.77. The first-order valence-electron chi connectivity index (χ1n) is 9.26. The number of carbonyl (C=O) groups is 1. The zero-order valence-electron chi connectivity index (χ0n) is 16.0. The highest BCUT2D eigenvalue weighted by molar-refractivity contribution is 7.99. The second-order valence-corrected chi connectivity index (χ2v) is 7.62. The zero-order valence-corrected chi connectivity index (χ0v) is 16.8. The van der Waals surface area contributed by atoms with Crippen LogP contribution in [0.5, 0.6) is 0 Å². The molecule has 0 fully saturated rings. The van der Waals surface area contributed by atoms with Crippen LogP contribution in [0.4, 0.5) is 10.1 Å². The van der Waals surface area contributed by atoms with E-state index >= 15 is 0 Å². The van der Waals surface area contributed by atoms with E-state index in [1.54, 1.807) is 18.0 Å². The number of hydrogen-bond donors (Lipinski definition) is 0. The van der Waals surface area contributed by atoms with Crippen molar-refractivity contribution in [1.82, 2.24) is 9.55 Å². The molecular weight excluding hydrogens is 385 g/mol. The molecule has 1 heterocycles. The van der Waals surface area contributed by atoms with Crippen molar-refractivity contribution in [2.24, 2.45) is 0 Å². The second kappa shape index (κ2) is 8.49. The first kappa shape index (κ1) is 19.2. The Labute approximate surface area is 173 Å². The molecule has 0 spiro atoms. The van der Waals surface area contributed by atoms with Gasteiger partial charge in [-0.05, 0) is 42.0 Å². The maximum absolute atomic E-state index is 13.6. The second-order valence-electron chi connectivity index (χ2n) is 6.68. The van der Waals surface area contributed by atoms with Gasteiger partial charge in [-0.15, -0.1) is 0 Å². The normalized spacial score (nSPS) is 11.0. The van der Waals surface area contributed by atoms with Gasteiger partial charge < -0.3 is 9.47 Å². The number of benzene rings is 3. The molecule has 4 rings (SSSR count).